The fourth-order valence-corrected chi connectivity index (χ4v) is 2.61. The summed E-state index contributed by atoms with van der Waals surface area (Å²) in [7, 11) is 0. The summed E-state index contributed by atoms with van der Waals surface area (Å²) in [5.41, 5.74) is 6.07. The van der Waals surface area contributed by atoms with Crippen molar-refractivity contribution in [3.05, 3.63) is 69.8 Å². The molecule has 0 unspecified atom stereocenters. The molecule has 0 saturated carbocycles. The zero-order chi connectivity index (χ0) is 12.5. The van der Waals surface area contributed by atoms with Crippen LogP contribution in [-0.4, -0.2) is 0 Å². The maximum Gasteiger partial charge on any atom is 0.0994 e. The van der Waals surface area contributed by atoms with Crippen molar-refractivity contribution >= 4 is 0 Å². The molecule has 0 bridgehead atoms. The lowest BCUT2D eigenvalue weighted by molar-refractivity contribution is 0.989. The van der Waals surface area contributed by atoms with Gasteiger partial charge in [0.15, 0.2) is 0 Å². The molecule has 0 N–H and O–H groups in total. The monoisotopic (exact) mass is 230 g/mol. The zero-order valence-electron chi connectivity index (χ0n) is 9.77. The fraction of sp³-hybridized carbons (Fsp3) is 0.125. The van der Waals surface area contributed by atoms with Crippen LogP contribution >= 0.6 is 0 Å². The van der Waals surface area contributed by atoms with Crippen LogP contribution in [0.25, 0.3) is 0 Å². The van der Waals surface area contributed by atoms with E-state index in [9.17, 15) is 0 Å². The first-order chi connectivity index (χ1) is 8.83. The van der Waals surface area contributed by atoms with E-state index in [2.05, 4.69) is 12.1 Å². The number of hydrogen-bond acceptors (Lipinski definition) is 2. The Morgan fingerprint density at radius 3 is 1.56 bits per heavy atom. The van der Waals surface area contributed by atoms with Crippen molar-refractivity contribution < 1.29 is 0 Å². The van der Waals surface area contributed by atoms with Crippen molar-refractivity contribution in [2.45, 2.75) is 12.8 Å². The van der Waals surface area contributed by atoms with Gasteiger partial charge in [0.25, 0.3) is 0 Å². The maximum atomic E-state index is 9.14. The van der Waals surface area contributed by atoms with E-state index in [4.69, 9.17) is 10.5 Å². The molecule has 2 aromatic carbocycles. The molecule has 0 heterocycles. The average molecular weight is 230 g/mol. The van der Waals surface area contributed by atoms with Gasteiger partial charge in [-0.1, -0.05) is 24.3 Å². The Hall–Kier alpha value is -2.58. The highest BCUT2D eigenvalue weighted by molar-refractivity contribution is 5.55. The summed E-state index contributed by atoms with van der Waals surface area (Å²) in [6.07, 6.45) is 1.51. The van der Waals surface area contributed by atoms with Gasteiger partial charge < -0.3 is 0 Å². The number of fused-ring (bicyclic) bond motifs is 2. The third kappa shape index (κ3) is 1.48. The Morgan fingerprint density at radius 2 is 1.17 bits per heavy atom. The molecule has 0 saturated heterocycles. The lowest BCUT2D eigenvalue weighted by Gasteiger charge is -2.21. The summed E-state index contributed by atoms with van der Waals surface area (Å²) in [6, 6.07) is 16.1. The molecule has 0 amide bonds. The van der Waals surface area contributed by atoms with Gasteiger partial charge >= 0.3 is 0 Å². The molecule has 1 aliphatic rings. The predicted octanol–water partition coefficient (Wildman–Crippen LogP) is 2.92. The van der Waals surface area contributed by atoms with Gasteiger partial charge in [-0.15, -0.1) is 0 Å². The Morgan fingerprint density at radius 1 is 0.722 bits per heavy atom. The first-order valence-electron chi connectivity index (χ1n) is 5.85. The molecule has 2 heteroatoms. The van der Waals surface area contributed by atoms with E-state index in [0.717, 1.165) is 35.1 Å². The molecule has 18 heavy (non-hydrogen) atoms. The summed E-state index contributed by atoms with van der Waals surface area (Å²) in [6.45, 7) is 0. The molecule has 0 aromatic heterocycles. The Kier molecular flexibility index (Phi) is 2.36. The Bertz CT molecular complexity index is 651. The van der Waals surface area contributed by atoms with Crippen LogP contribution in [0.15, 0.2) is 36.4 Å². The van der Waals surface area contributed by atoms with Gasteiger partial charge in [0.2, 0.25) is 0 Å². The quantitative estimate of drug-likeness (QED) is 0.596. The number of benzene rings is 2. The van der Waals surface area contributed by atoms with E-state index in [1.807, 2.05) is 36.4 Å². The highest BCUT2D eigenvalue weighted by Crippen LogP contribution is 2.30. The van der Waals surface area contributed by atoms with Crippen molar-refractivity contribution in [1.29, 1.82) is 10.5 Å². The van der Waals surface area contributed by atoms with Crippen LogP contribution in [0.3, 0.4) is 0 Å². The lowest BCUT2D eigenvalue weighted by atomic mass is 9.82. The van der Waals surface area contributed by atoms with E-state index in [1.165, 1.54) is 11.1 Å². The average Bonchev–Trinajstić information content (AvgIpc) is 2.43. The Balaban J connectivity index is 2.19. The molecular formula is C16H10N2. The van der Waals surface area contributed by atoms with E-state index in [-0.39, 0.29) is 0 Å². The summed E-state index contributed by atoms with van der Waals surface area (Å²) < 4.78 is 0. The second-order valence-electron chi connectivity index (χ2n) is 4.46. The van der Waals surface area contributed by atoms with Crippen molar-refractivity contribution in [2.75, 3.05) is 0 Å². The summed E-state index contributed by atoms with van der Waals surface area (Å²) in [4.78, 5) is 0. The predicted molar refractivity (Wildman–Crippen MR) is 67.9 cm³/mol. The van der Waals surface area contributed by atoms with Crippen molar-refractivity contribution in [2.24, 2.45) is 0 Å². The van der Waals surface area contributed by atoms with Crippen LogP contribution in [0.5, 0.6) is 0 Å². The minimum absolute atomic E-state index is 0.750. The van der Waals surface area contributed by atoms with Gasteiger partial charge in [0, 0.05) is 0 Å². The van der Waals surface area contributed by atoms with Gasteiger partial charge in [-0.3, -0.25) is 0 Å². The molecule has 84 valence electrons. The lowest BCUT2D eigenvalue weighted by Crippen LogP contribution is -2.10. The van der Waals surface area contributed by atoms with E-state index < -0.39 is 0 Å². The highest BCUT2D eigenvalue weighted by Gasteiger charge is 2.19. The summed E-state index contributed by atoms with van der Waals surface area (Å²) in [5, 5.41) is 18.3. The third-order valence-electron chi connectivity index (χ3n) is 3.52. The van der Waals surface area contributed by atoms with E-state index in [0.29, 0.717) is 0 Å². The standard InChI is InChI=1S/C16H10N2/c17-9-13-5-1-3-11-7-16-12(8-15(11)13)4-2-6-14(16)10-18/h1-6H,7-8H2. The van der Waals surface area contributed by atoms with Gasteiger partial charge in [0.1, 0.15) is 0 Å². The van der Waals surface area contributed by atoms with E-state index >= 15 is 0 Å². The topological polar surface area (TPSA) is 47.6 Å². The normalized spacial score (nSPS) is 11.9. The van der Waals surface area contributed by atoms with Crippen molar-refractivity contribution in [3.8, 4) is 12.1 Å². The second kappa shape index (κ2) is 4.02. The minimum atomic E-state index is 0.750. The second-order valence-corrected chi connectivity index (χ2v) is 4.46. The van der Waals surface area contributed by atoms with Crippen LogP contribution in [0.2, 0.25) is 0 Å². The first-order valence-corrected chi connectivity index (χ1v) is 5.85. The molecule has 3 rings (SSSR count). The number of rotatable bonds is 0. The minimum Gasteiger partial charge on any atom is -0.192 e. The van der Waals surface area contributed by atoms with Gasteiger partial charge in [-0.05, 0) is 47.2 Å². The molecule has 0 aliphatic heterocycles. The largest absolute Gasteiger partial charge is 0.192 e. The third-order valence-corrected chi connectivity index (χ3v) is 3.52. The molecule has 1 aliphatic carbocycles. The zero-order valence-corrected chi connectivity index (χ0v) is 9.77. The van der Waals surface area contributed by atoms with Crippen LogP contribution in [0, 0.1) is 22.7 Å². The number of nitrogens with zero attached hydrogens (tertiary/aromatic N) is 2. The van der Waals surface area contributed by atoms with Crippen LogP contribution in [0.1, 0.15) is 33.4 Å². The smallest absolute Gasteiger partial charge is 0.0994 e. The van der Waals surface area contributed by atoms with E-state index in [1.54, 1.807) is 0 Å². The highest BCUT2D eigenvalue weighted by atomic mass is 14.3. The SMILES string of the molecule is N#Cc1cccc2c1Cc1cccc(C#N)c1C2. The molecule has 2 nitrogen and oxygen atoms in total. The number of hydrogen-bond donors (Lipinski definition) is 0. The van der Waals surface area contributed by atoms with Gasteiger partial charge in [0.05, 0.1) is 23.3 Å². The fourth-order valence-electron chi connectivity index (χ4n) is 2.61. The molecule has 0 fully saturated rings. The van der Waals surface area contributed by atoms with Crippen molar-refractivity contribution in [3.63, 3.8) is 0 Å². The summed E-state index contributed by atoms with van der Waals surface area (Å²) >= 11 is 0. The molecule has 2 aromatic rings. The van der Waals surface area contributed by atoms with Gasteiger partial charge in [-0.25, -0.2) is 0 Å². The molecule has 0 spiro atoms. The van der Waals surface area contributed by atoms with Crippen LogP contribution in [0.4, 0.5) is 0 Å². The summed E-state index contributed by atoms with van der Waals surface area (Å²) in [5.74, 6) is 0. The van der Waals surface area contributed by atoms with Crippen LogP contribution < -0.4 is 0 Å². The molecule has 0 atom stereocenters. The first kappa shape index (κ1) is 10.6. The Labute approximate surface area is 106 Å². The number of nitriles is 2. The molecular weight excluding hydrogens is 220 g/mol. The van der Waals surface area contributed by atoms with Crippen LogP contribution in [-0.2, 0) is 12.8 Å². The van der Waals surface area contributed by atoms with Crippen molar-refractivity contribution in [1.82, 2.24) is 0 Å². The van der Waals surface area contributed by atoms with Gasteiger partial charge in [-0.2, -0.15) is 10.5 Å². The maximum absolute atomic E-state index is 9.14. The molecule has 0 radical (unpaired) electrons.